The summed E-state index contributed by atoms with van der Waals surface area (Å²) in [7, 11) is 0. The van der Waals surface area contributed by atoms with Crippen molar-refractivity contribution >= 4 is 12.1 Å². The summed E-state index contributed by atoms with van der Waals surface area (Å²) >= 11 is 0. The summed E-state index contributed by atoms with van der Waals surface area (Å²) in [6, 6.07) is 0. The second-order valence-electron chi connectivity index (χ2n) is 3.14. The molecule has 0 heterocycles. The number of nitrogens with one attached hydrogen (secondary N) is 1. The number of rotatable bonds is 7. The Hall–Kier alpha value is -1.52. The van der Waals surface area contributed by atoms with Crippen molar-refractivity contribution in [2.45, 2.75) is 19.8 Å². The van der Waals surface area contributed by atoms with Gasteiger partial charge in [0, 0.05) is 13.0 Å². The number of aliphatic carboxylic acids is 1. The van der Waals surface area contributed by atoms with Crippen molar-refractivity contribution in [1.82, 2.24) is 5.32 Å². The van der Waals surface area contributed by atoms with Gasteiger partial charge in [-0.3, -0.25) is 4.79 Å². The van der Waals surface area contributed by atoms with E-state index in [4.69, 9.17) is 5.11 Å². The Morgan fingerprint density at radius 2 is 2.27 bits per heavy atom. The summed E-state index contributed by atoms with van der Waals surface area (Å²) < 4.78 is 4.68. The number of amides is 1. The van der Waals surface area contributed by atoms with Gasteiger partial charge in [-0.2, -0.15) is 0 Å². The van der Waals surface area contributed by atoms with Crippen LogP contribution in [0, 0.1) is 5.92 Å². The molecule has 0 spiro atoms. The van der Waals surface area contributed by atoms with Gasteiger partial charge >= 0.3 is 12.1 Å². The van der Waals surface area contributed by atoms with Gasteiger partial charge in [-0.15, -0.1) is 0 Å². The lowest BCUT2D eigenvalue weighted by molar-refractivity contribution is -0.138. The Balaban J connectivity index is 3.74. The van der Waals surface area contributed by atoms with Gasteiger partial charge in [-0.05, 0) is 5.92 Å². The molecule has 5 heteroatoms. The smallest absolute Gasteiger partial charge is 0.407 e. The van der Waals surface area contributed by atoms with E-state index >= 15 is 0 Å². The molecule has 0 aliphatic heterocycles. The van der Waals surface area contributed by atoms with Crippen LogP contribution in [0.15, 0.2) is 12.7 Å². The molecule has 1 amide bonds. The second-order valence-corrected chi connectivity index (χ2v) is 3.14. The van der Waals surface area contributed by atoms with Crippen molar-refractivity contribution in [2.24, 2.45) is 5.92 Å². The lowest BCUT2D eigenvalue weighted by Gasteiger charge is -2.12. The Morgan fingerprint density at radius 1 is 1.60 bits per heavy atom. The average Bonchev–Trinajstić information content (AvgIpc) is 2.20. The van der Waals surface area contributed by atoms with Crippen LogP contribution in [0.3, 0.4) is 0 Å². The zero-order valence-corrected chi connectivity index (χ0v) is 8.86. The first-order valence-electron chi connectivity index (χ1n) is 4.83. The fraction of sp³-hybridized carbons (Fsp3) is 0.600. The summed E-state index contributed by atoms with van der Waals surface area (Å²) in [6.07, 6.45) is 1.68. The Kier molecular flexibility index (Phi) is 7.05. The molecule has 15 heavy (non-hydrogen) atoms. The van der Waals surface area contributed by atoms with E-state index < -0.39 is 12.1 Å². The molecule has 0 radical (unpaired) electrons. The van der Waals surface area contributed by atoms with E-state index in [-0.39, 0.29) is 18.9 Å². The van der Waals surface area contributed by atoms with Gasteiger partial charge in [-0.1, -0.05) is 26.0 Å². The van der Waals surface area contributed by atoms with Crippen LogP contribution in [0.1, 0.15) is 19.8 Å². The third-order valence-corrected chi connectivity index (χ3v) is 1.91. The largest absolute Gasteiger partial charge is 0.481 e. The first-order valence-corrected chi connectivity index (χ1v) is 4.83. The predicted molar refractivity (Wildman–Crippen MR) is 55.6 cm³/mol. The molecule has 1 unspecified atom stereocenters. The number of carbonyl (C=O) groups excluding carboxylic acids is 1. The minimum atomic E-state index is -0.858. The summed E-state index contributed by atoms with van der Waals surface area (Å²) in [5.74, 6) is -0.915. The summed E-state index contributed by atoms with van der Waals surface area (Å²) in [4.78, 5) is 21.4. The first-order chi connectivity index (χ1) is 7.10. The number of hydrogen-bond donors (Lipinski definition) is 2. The summed E-state index contributed by atoms with van der Waals surface area (Å²) in [5.41, 5.74) is 0. The maximum atomic E-state index is 11.0. The van der Waals surface area contributed by atoms with Crippen molar-refractivity contribution in [3.8, 4) is 0 Å². The molecule has 0 aromatic carbocycles. The molecule has 0 aliphatic carbocycles. The molecule has 1 atom stereocenters. The van der Waals surface area contributed by atoms with Crippen LogP contribution in [0.2, 0.25) is 0 Å². The van der Waals surface area contributed by atoms with E-state index in [9.17, 15) is 9.59 Å². The zero-order chi connectivity index (χ0) is 11.7. The molecule has 0 aromatic rings. The number of hydrogen-bond acceptors (Lipinski definition) is 3. The lowest BCUT2D eigenvalue weighted by Crippen LogP contribution is -2.30. The van der Waals surface area contributed by atoms with Crippen LogP contribution in [0.25, 0.3) is 0 Å². The molecule has 0 rings (SSSR count). The van der Waals surface area contributed by atoms with E-state index in [2.05, 4.69) is 16.6 Å². The van der Waals surface area contributed by atoms with Gasteiger partial charge in [0.05, 0.1) is 0 Å². The van der Waals surface area contributed by atoms with Gasteiger partial charge in [0.1, 0.15) is 6.61 Å². The fourth-order valence-electron chi connectivity index (χ4n) is 1.02. The third-order valence-electron chi connectivity index (χ3n) is 1.91. The standard InChI is InChI=1S/C10H17NO4/c1-3-5-15-10(14)11-7-8(4-2)6-9(12)13/h3,8H,1,4-7H2,2H3,(H,11,14)(H,12,13). The van der Waals surface area contributed by atoms with Crippen molar-refractivity contribution in [3.63, 3.8) is 0 Å². The molecule has 5 nitrogen and oxygen atoms in total. The molecule has 0 saturated carbocycles. The highest BCUT2D eigenvalue weighted by Gasteiger charge is 2.12. The topological polar surface area (TPSA) is 75.6 Å². The molecular weight excluding hydrogens is 198 g/mol. The van der Waals surface area contributed by atoms with E-state index in [0.29, 0.717) is 13.0 Å². The van der Waals surface area contributed by atoms with E-state index in [1.54, 1.807) is 0 Å². The van der Waals surface area contributed by atoms with Crippen LogP contribution in [0.4, 0.5) is 4.79 Å². The van der Waals surface area contributed by atoms with E-state index in [1.165, 1.54) is 6.08 Å². The summed E-state index contributed by atoms with van der Waals surface area (Å²) in [5, 5.41) is 11.1. The monoisotopic (exact) mass is 215 g/mol. The number of ether oxygens (including phenoxy) is 1. The Bertz CT molecular complexity index is 227. The van der Waals surface area contributed by atoms with Crippen LogP contribution in [-0.4, -0.2) is 30.3 Å². The third kappa shape index (κ3) is 7.54. The Labute approximate surface area is 89.1 Å². The van der Waals surface area contributed by atoms with Crippen LogP contribution in [-0.2, 0) is 9.53 Å². The maximum absolute atomic E-state index is 11.0. The molecule has 2 N–H and O–H groups in total. The number of carboxylic acid groups (broad SMARTS) is 1. The molecule has 0 aliphatic rings. The molecule has 86 valence electrons. The number of alkyl carbamates (subject to hydrolysis) is 1. The number of carboxylic acids is 1. The first kappa shape index (κ1) is 13.5. The molecule has 0 saturated heterocycles. The maximum Gasteiger partial charge on any atom is 0.407 e. The lowest BCUT2D eigenvalue weighted by atomic mass is 10.0. The Morgan fingerprint density at radius 3 is 2.73 bits per heavy atom. The van der Waals surface area contributed by atoms with E-state index in [1.807, 2.05) is 6.92 Å². The average molecular weight is 215 g/mol. The van der Waals surface area contributed by atoms with Crippen molar-refractivity contribution in [2.75, 3.05) is 13.2 Å². The molecular formula is C10H17NO4. The molecule has 0 aromatic heterocycles. The second kappa shape index (κ2) is 7.84. The van der Waals surface area contributed by atoms with Gasteiger partial charge in [-0.25, -0.2) is 4.79 Å². The number of carbonyl (C=O) groups is 2. The van der Waals surface area contributed by atoms with Crippen LogP contribution in [0.5, 0.6) is 0 Å². The van der Waals surface area contributed by atoms with Crippen molar-refractivity contribution in [3.05, 3.63) is 12.7 Å². The zero-order valence-electron chi connectivity index (χ0n) is 8.86. The van der Waals surface area contributed by atoms with E-state index in [0.717, 1.165) is 0 Å². The molecule has 0 bridgehead atoms. The minimum Gasteiger partial charge on any atom is -0.481 e. The normalized spacial score (nSPS) is 11.5. The predicted octanol–water partition coefficient (Wildman–Crippen LogP) is 1.40. The highest BCUT2D eigenvalue weighted by molar-refractivity contribution is 5.68. The van der Waals surface area contributed by atoms with Gasteiger partial charge < -0.3 is 15.2 Å². The van der Waals surface area contributed by atoms with Gasteiger partial charge in [0.2, 0.25) is 0 Å². The highest BCUT2D eigenvalue weighted by atomic mass is 16.5. The van der Waals surface area contributed by atoms with Crippen LogP contribution >= 0.6 is 0 Å². The van der Waals surface area contributed by atoms with Gasteiger partial charge in [0.25, 0.3) is 0 Å². The molecule has 0 fully saturated rings. The highest BCUT2D eigenvalue weighted by Crippen LogP contribution is 2.06. The fourth-order valence-corrected chi connectivity index (χ4v) is 1.02. The SMILES string of the molecule is C=CCOC(=O)NCC(CC)CC(=O)O. The van der Waals surface area contributed by atoms with Crippen LogP contribution < -0.4 is 5.32 Å². The van der Waals surface area contributed by atoms with Crippen molar-refractivity contribution < 1.29 is 19.4 Å². The minimum absolute atomic E-state index is 0.0538. The van der Waals surface area contributed by atoms with Crippen molar-refractivity contribution in [1.29, 1.82) is 0 Å². The summed E-state index contributed by atoms with van der Waals surface area (Å²) in [6.45, 7) is 5.75. The quantitative estimate of drug-likeness (QED) is 0.629. The van der Waals surface area contributed by atoms with Gasteiger partial charge in [0.15, 0.2) is 0 Å².